The number of hydrogen-bond donors (Lipinski definition) is 4. The summed E-state index contributed by atoms with van der Waals surface area (Å²) in [5, 5.41) is 0. The number of allylic oxidation sites excluding steroid dienone is 1. The van der Waals surface area contributed by atoms with E-state index in [0.29, 0.717) is 0 Å². The highest BCUT2D eigenvalue weighted by atomic mass is 16.2. The second-order valence-electron chi connectivity index (χ2n) is 2.67. The number of aldehydes is 1. The molecule has 0 aliphatic heterocycles. The summed E-state index contributed by atoms with van der Waals surface area (Å²) in [7, 11) is 0. The fraction of sp³-hybridized carbons (Fsp3) is 0. The molecule has 10 nitrogen and oxygen atoms in total. The summed E-state index contributed by atoms with van der Waals surface area (Å²) in [6, 6.07) is 0. The summed E-state index contributed by atoms with van der Waals surface area (Å²) in [6.07, 6.45) is 1.74. The van der Waals surface area contributed by atoms with Crippen LogP contribution in [0.5, 0.6) is 0 Å². The van der Waals surface area contributed by atoms with E-state index in [9.17, 15) is 14.4 Å². The van der Waals surface area contributed by atoms with Crippen molar-refractivity contribution in [2.45, 2.75) is 0 Å². The molecule has 1 aromatic heterocycles. The van der Waals surface area contributed by atoms with Crippen LogP contribution < -0.4 is 22.9 Å². The number of amides is 1. The topological polar surface area (TPSA) is 194 Å². The monoisotopic (exact) mass is 253 g/mol. The number of ketones is 1. The molecule has 1 amide bonds. The SMILES string of the molecule is NC(=O)C=CC(=O)C=O.Nc1nc(N)nc(N)n1. The molecule has 1 rings (SSSR count). The number of carbonyl (C=O) groups is 3. The van der Waals surface area contributed by atoms with Gasteiger partial charge in [0.1, 0.15) is 0 Å². The van der Waals surface area contributed by atoms with Gasteiger partial charge in [-0.2, -0.15) is 15.0 Å². The molecule has 18 heavy (non-hydrogen) atoms. The van der Waals surface area contributed by atoms with Gasteiger partial charge in [-0.1, -0.05) is 0 Å². The lowest BCUT2D eigenvalue weighted by molar-refractivity contribution is -0.126. The van der Waals surface area contributed by atoms with Gasteiger partial charge in [0.2, 0.25) is 29.5 Å². The lowest BCUT2D eigenvalue weighted by atomic mass is 10.4. The molecule has 0 unspecified atom stereocenters. The highest BCUT2D eigenvalue weighted by molar-refractivity contribution is 6.31. The summed E-state index contributed by atoms with van der Waals surface area (Å²) in [6.45, 7) is 0. The minimum Gasteiger partial charge on any atom is -0.368 e. The van der Waals surface area contributed by atoms with Gasteiger partial charge in [-0.15, -0.1) is 0 Å². The number of primary amides is 1. The average Bonchev–Trinajstić information content (AvgIpc) is 2.24. The van der Waals surface area contributed by atoms with Crippen LogP contribution in [0.3, 0.4) is 0 Å². The van der Waals surface area contributed by atoms with Crippen molar-refractivity contribution in [2.24, 2.45) is 5.73 Å². The molecule has 0 saturated carbocycles. The Balaban J connectivity index is 0.000000321. The second-order valence-corrected chi connectivity index (χ2v) is 2.67. The average molecular weight is 253 g/mol. The van der Waals surface area contributed by atoms with Crippen LogP contribution in [-0.2, 0) is 14.4 Å². The molecule has 0 spiro atoms. The van der Waals surface area contributed by atoms with E-state index in [1.54, 1.807) is 0 Å². The maximum absolute atomic E-state index is 10.1. The number of hydrogen-bond acceptors (Lipinski definition) is 9. The van der Waals surface area contributed by atoms with Gasteiger partial charge in [0.15, 0.2) is 6.29 Å². The molecule has 0 radical (unpaired) electrons. The van der Waals surface area contributed by atoms with Gasteiger partial charge in [-0.05, 0) is 6.08 Å². The Morgan fingerprint density at radius 3 is 1.56 bits per heavy atom. The number of carbonyl (C=O) groups excluding carboxylic acids is 3. The minimum absolute atomic E-state index is 0.0417. The van der Waals surface area contributed by atoms with E-state index in [0.717, 1.165) is 12.2 Å². The predicted octanol–water partition coefficient (Wildman–Crippen LogP) is -2.59. The number of rotatable bonds is 3. The molecule has 96 valence electrons. The third kappa shape index (κ3) is 7.28. The summed E-state index contributed by atoms with van der Waals surface area (Å²) in [5.41, 5.74) is 20.0. The minimum atomic E-state index is -0.770. The summed E-state index contributed by atoms with van der Waals surface area (Å²) < 4.78 is 0. The Labute approximate surface area is 101 Å². The molecule has 1 heterocycles. The molecular weight excluding hydrogens is 242 g/mol. The van der Waals surface area contributed by atoms with Crippen LogP contribution >= 0.6 is 0 Å². The standard InChI is InChI=1S/C5H5NO3.C3H6N6/c6-5(9)2-1-4(8)3-7;4-1-7-2(5)9-3(6)8-1/h1-3H,(H2,6,9);(H6,4,5,6,7,8,9). The third-order valence-corrected chi connectivity index (χ3v) is 1.22. The predicted molar refractivity (Wildman–Crippen MR) is 62.5 cm³/mol. The molecular formula is C8H11N7O3. The first kappa shape index (κ1) is 15.0. The zero-order valence-corrected chi connectivity index (χ0v) is 9.11. The molecule has 0 fully saturated rings. The Morgan fingerprint density at radius 2 is 1.28 bits per heavy atom. The highest BCUT2D eigenvalue weighted by Gasteiger charge is 1.93. The summed E-state index contributed by atoms with van der Waals surface area (Å²) in [4.78, 5) is 40.0. The molecule has 0 bridgehead atoms. The summed E-state index contributed by atoms with van der Waals surface area (Å²) in [5.74, 6) is -1.39. The maximum atomic E-state index is 10.1. The Morgan fingerprint density at radius 1 is 0.889 bits per heavy atom. The van der Waals surface area contributed by atoms with E-state index >= 15 is 0 Å². The van der Waals surface area contributed by atoms with Crippen LogP contribution in [0.4, 0.5) is 17.8 Å². The Bertz CT molecular complexity index is 435. The third-order valence-electron chi connectivity index (χ3n) is 1.22. The molecule has 0 aliphatic carbocycles. The normalized spacial score (nSPS) is 9.33. The van der Waals surface area contributed by atoms with Crippen molar-refractivity contribution < 1.29 is 14.4 Å². The van der Waals surface area contributed by atoms with Crippen molar-refractivity contribution in [3.05, 3.63) is 12.2 Å². The molecule has 8 N–H and O–H groups in total. The number of nitrogen functional groups attached to an aromatic ring is 3. The summed E-state index contributed by atoms with van der Waals surface area (Å²) >= 11 is 0. The molecule has 0 aromatic carbocycles. The van der Waals surface area contributed by atoms with Crippen molar-refractivity contribution in [1.82, 2.24) is 15.0 Å². The van der Waals surface area contributed by atoms with Crippen LogP contribution in [-0.4, -0.2) is 32.9 Å². The lowest BCUT2D eigenvalue weighted by Gasteiger charge is -1.93. The van der Waals surface area contributed by atoms with Crippen LogP contribution in [0.1, 0.15) is 0 Å². The second kappa shape index (κ2) is 7.27. The van der Waals surface area contributed by atoms with Gasteiger partial charge >= 0.3 is 0 Å². The number of anilines is 3. The first-order valence-electron chi connectivity index (χ1n) is 4.34. The van der Waals surface area contributed by atoms with Crippen molar-refractivity contribution in [3.63, 3.8) is 0 Å². The largest absolute Gasteiger partial charge is 0.368 e. The Hall–Kier alpha value is -3.04. The zero-order chi connectivity index (χ0) is 14.1. The van der Waals surface area contributed by atoms with E-state index in [1.165, 1.54) is 0 Å². The first-order chi connectivity index (χ1) is 8.35. The van der Waals surface area contributed by atoms with Gasteiger partial charge in [0.05, 0.1) is 0 Å². The van der Waals surface area contributed by atoms with Gasteiger partial charge in [-0.25, -0.2) is 0 Å². The van der Waals surface area contributed by atoms with Crippen molar-refractivity contribution in [3.8, 4) is 0 Å². The van der Waals surface area contributed by atoms with Gasteiger partial charge in [0.25, 0.3) is 0 Å². The van der Waals surface area contributed by atoms with Crippen LogP contribution in [0.15, 0.2) is 12.2 Å². The maximum Gasteiger partial charge on any atom is 0.241 e. The smallest absolute Gasteiger partial charge is 0.241 e. The van der Waals surface area contributed by atoms with Crippen molar-refractivity contribution in [2.75, 3.05) is 17.2 Å². The molecule has 0 aliphatic rings. The van der Waals surface area contributed by atoms with Crippen LogP contribution in [0.2, 0.25) is 0 Å². The van der Waals surface area contributed by atoms with E-state index in [1.807, 2.05) is 0 Å². The van der Waals surface area contributed by atoms with Crippen molar-refractivity contribution >= 4 is 35.8 Å². The molecule has 0 saturated heterocycles. The van der Waals surface area contributed by atoms with E-state index < -0.39 is 11.7 Å². The molecule has 10 heteroatoms. The zero-order valence-electron chi connectivity index (χ0n) is 9.11. The van der Waals surface area contributed by atoms with E-state index in [-0.39, 0.29) is 24.1 Å². The first-order valence-corrected chi connectivity index (χ1v) is 4.34. The fourth-order valence-electron chi connectivity index (χ4n) is 0.631. The quantitative estimate of drug-likeness (QED) is 0.254. The lowest BCUT2D eigenvalue weighted by Crippen LogP contribution is -2.06. The number of aromatic nitrogens is 3. The van der Waals surface area contributed by atoms with Gasteiger partial charge in [0, 0.05) is 6.08 Å². The van der Waals surface area contributed by atoms with Crippen LogP contribution in [0, 0.1) is 0 Å². The van der Waals surface area contributed by atoms with E-state index in [4.69, 9.17) is 17.2 Å². The molecule has 1 aromatic rings. The fourth-order valence-corrected chi connectivity index (χ4v) is 0.631. The van der Waals surface area contributed by atoms with Crippen LogP contribution in [0.25, 0.3) is 0 Å². The van der Waals surface area contributed by atoms with Crippen molar-refractivity contribution in [1.29, 1.82) is 0 Å². The highest BCUT2D eigenvalue weighted by Crippen LogP contribution is 1.97. The number of nitrogens with zero attached hydrogens (tertiary/aromatic N) is 3. The molecule has 0 atom stereocenters. The van der Waals surface area contributed by atoms with E-state index in [2.05, 4.69) is 20.7 Å². The van der Waals surface area contributed by atoms with Gasteiger partial charge in [-0.3, -0.25) is 14.4 Å². The Kier molecular flexibility index (Phi) is 6.04. The number of nitrogens with two attached hydrogens (primary N) is 4. The van der Waals surface area contributed by atoms with Gasteiger partial charge < -0.3 is 22.9 Å².